The number of hydrogen-bond donors (Lipinski definition) is 2. The van der Waals surface area contributed by atoms with Gasteiger partial charge < -0.3 is 24.3 Å². The number of benzene rings is 3. The van der Waals surface area contributed by atoms with Crippen LogP contribution in [0.2, 0.25) is 0 Å². The second kappa shape index (κ2) is 15.8. The Morgan fingerprint density at radius 2 is 1.77 bits per heavy atom. The second-order valence-electron chi connectivity index (χ2n) is 9.18. The normalized spacial score (nSPS) is 11.4. The number of aryl methyl sites for hydroxylation is 1. The van der Waals surface area contributed by atoms with E-state index in [-0.39, 0.29) is 43.7 Å². The lowest BCUT2D eigenvalue weighted by Gasteiger charge is -2.17. The fourth-order valence-corrected chi connectivity index (χ4v) is 4.45. The third kappa shape index (κ3) is 9.84. The first-order valence-corrected chi connectivity index (χ1v) is 13.6. The molecule has 3 rings (SSSR count). The van der Waals surface area contributed by atoms with Crippen LogP contribution in [0.5, 0.6) is 5.75 Å². The molecule has 214 valence electrons. The molecular weight excluding hydrogens is 583 g/mol. The van der Waals surface area contributed by atoms with Crippen LogP contribution >= 0.6 is 15.9 Å². The van der Waals surface area contributed by atoms with Crippen LogP contribution in [0.1, 0.15) is 41.5 Å². The van der Waals surface area contributed by atoms with Crippen molar-refractivity contribution in [3.05, 3.63) is 93.2 Å². The highest BCUT2D eigenvalue weighted by molar-refractivity contribution is 9.10. The van der Waals surface area contributed by atoms with Crippen molar-refractivity contribution < 1.29 is 32.9 Å². The van der Waals surface area contributed by atoms with E-state index in [9.17, 15) is 9.59 Å². The van der Waals surface area contributed by atoms with Gasteiger partial charge in [0.25, 0.3) is 0 Å². The van der Waals surface area contributed by atoms with Crippen LogP contribution in [0, 0.1) is 12.7 Å². The van der Waals surface area contributed by atoms with E-state index in [1.807, 2.05) is 62.4 Å². The summed E-state index contributed by atoms with van der Waals surface area (Å²) in [5.74, 6) is -0.763. The van der Waals surface area contributed by atoms with Crippen LogP contribution in [0.4, 0.5) is 19.7 Å². The Bertz CT molecular complexity index is 1270. The number of amides is 2. The third-order valence-corrected chi connectivity index (χ3v) is 6.46. The van der Waals surface area contributed by atoms with E-state index in [1.165, 1.54) is 6.07 Å². The molecule has 0 unspecified atom stereocenters. The van der Waals surface area contributed by atoms with Gasteiger partial charge in [0.2, 0.25) is 0 Å². The topological polar surface area (TPSA) is 95.1 Å². The molecule has 0 spiro atoms. The minimum atomic E-state index is -0.726. The van der Waals surface area contributed by atoms with Gasteiger partial charge in [0.15, 0.2) is 11.6 Å². The molecule has 0 bridgehead atoms. The van der Waals surface area contributed by atoms with E-state index >= 15 is 4.39 Å². The quantitative estimate of drug-likeness (QED) is 0.199. The number of nitrogens with one attached hydrogen (secondary N) is 2. The number of halogens is 2. The molecule has 0 radical (unpaired) electrons. The Hall–Kier alpha value is -3.63. The molecule has 2 N–H and O–H groups in total. The fourth-order valence-electron chi connectivity index (χ4n) is 3.97. The average molecular weight is 618 g/mol. The van der Waals surface area contributed by atoms with Gasteiger partial charge in [-0.1, -0.05) is 59.3 Å². The van der Waals surface area contributed by atoms with Gasteiger partial charge in [-0.2, -0.15) is 0 Å². The smallest absolute Gasteiger partial charge is 0.411 e. The van der Waals surface area contributed by atoms with E-state index < -0.39 is 18.0 Å². The average Bonchev–Trinajstić information content (AvgIpc) is 2.93. The first kappa shape index (κ1) is 30.9. The Balaban J connectivity index is 1.63. The summed E-state index contributed by atoms with van der Waals surface area (Å²) in [4.78, 5) is 24.8. The second-order valence-corrected chi connectivity index (χ2v) is 10.1. The van der Waals surface area contributed by atoms with Crippen LogP contribution in [0.25, 0.3) is 0 Å². The standard InChI is InChI=1S/C30H34BrFN2O6/c1-20-14-24(31)10-11-26(20)21(2)18-39-30(36)34-25-15-23(28(27(32)16-25)38-13-7-12-37-3)17-33-29(35)40-19-22-8-5-4-6-9-22/h4-6,8-11,14-16,21H,7,12-13,17-19H2,1-3H3,(H,33,35)(H,34,36)/t21-/m0/s1. The lowest BCUT2D eigenvalue weighted by molar-refractivity contribution is 0.139. The van der Waals surface area contributed by atoms with E-state index in [2.05, 4.69) is 26.6 Å². The Kier molecular flexibility index (Phi) is 12.2. The summed E-state index contributed by atoms with van der Waals surface area (Å²) in [6, 6.07) is 17.8. The highest BCUT2D eigenvalue weighted by Gasteiger charge is 2.17. The van der Waals surface area contributed by atoms with Crippen molar-refractivity contribution in [3.63, 3.8) is 0 Å². The van der Waals surface area contributed by atoms with Gasteiger partial charge in [0.1, 0.15) is 6.61 Å². The number of rotatable bonds is 13. The molecule has 8 nitrogen and oxygen atoms in total. The van der Waals surface area contributed by atoms with Crippen LogP contribution in [-0.2, 0) is 27.4 Å². The first-order chi connectivity index (χ1) is 19.3. The van der Waals surface area contributed by atoms with Crippen LogP contribution in [0.3, 0.4) is 0 Å². The van der Waals surface area contributed by atoms with Crippen LogP contribution < -0.4 is 15.4 Å². The Labute approximate surface area is 242 Å². The van der Waals surface area contributed by atoms with Gasteiger partial charge in [0, 0.05) is 54.4 Å². The number of hydrogen-bond acceptors (Lipinski definition) is 6. The number of ether oxygens (including phenoxy) is 4. The van der Waals surface area contributed by atoms with Gasteiger partial charge in [0.05, 0.1) is 13.2 Å². The van der Waals surface area contributed by atoms with Gasteiger partial charge in [-0.15, -0.1) is 0 Å². The van der Waals surface area contributed by atoms with Crippen molar-refractivity contribution in [1.29, 1.82) is 0 Å². The zero-order valence-corrected chi connectivity index (χ0v) is 24.4. The molecule has 0 saturated heterocycles. The molecule has 0 aliphatic carbocycles. The molecule has 40 heavy (non-hydrogen) atoms. The number of methoxy groups -OCH3 is 1. The molecule has 10 heteroatoms. The SMILES string of the molecule is COCCCOc1c(F)cc(NC(=O)OC[C@H](C)c2ccc(Br)cc2C)cc1CNC(=O)OCc1ccccc1. The number of carbonyl (C=O) groups is 2. The summed E-state index contributed by atoms with van der Waals surface area (Å²) < 4.78 is 37.4. The van der Waals surface area contributed by atoms with Crippen molar-refractivity contribution in [1.82, 2.24) is 5.32 Å². The molecule has 3 aromatic carbocycles. The number of alkyl carbamates (subject to hydrolysis) is 1. The van der Waals surface area contributed by atoms with Gasteiger partial charge in [-0.05, 0) is 41.8 Å². The molecule has 0 fully saturated rings. The summed E-state index contributed by atoms with van der Waals surface area (Å²) in [6.45, 7) is 4.74. The molecule has 0 heterocycles. The molecule has 0 aromatic heterocycles. The molecule has 0 aliphatic rings. The van der Waals surface area contributed by atoms with Crippen molar-refractivity contribution in [2.45, 2.75) is 39.3 Å². The Morgan fingerprint density at radius 1 is 1.00 bits per heavy atom. The highest BCUT2D eigenvalue weighted by Crippen LogP contribution is 2.28. The zero-order chi connectivity index (χ0) is 28.9. The first-order valence-electron chi connectivity index (χ1n) is 12.8. The van der Waals surface area contributed by atoms with Gasteiger partial charge >= 0.3 is 12.2 Å². The predicted octanol–water partition coefficient (Wildman–Crippen LogP) is 7.09. The highest BCUT2D eigenvalue weighted by atomic mass is 79.9. The summed E-state index contributed by atoms with van der Waals surface area (Å²) in [5, 5.41) is 5.17. The largest absolute Gasteiger partial charge is 0.490 e. The molecule has 3 aromatic rings. The predicted molar refractivity (Wildman–Crippen MR) is 154 cm³/mol. The molecular formula is C30H34BrFN2O6. The summed E-state index contributed by atoms with van der Waals surface area (Å²) in [7, 11) is 1.57. The maximum Gasteiger partial charge on any atom is 0.411 e. The van der Waals surface area contributed by atoms with E-state index in [0.29, 0.717) is 18.6 Å². The maximum absolute atomic E-state index is 15.1. The van der Waals surface area contributed by atoms with Crippen molar-refractivity contribution in [3.8, 4) is 5.75 Å². The molecule has 2 amide bonds. The molecule has 0 aliphatic heterocycles. The summed E-state index contributed by atoms with van der Waals surface area (Å²) >= 11 is 3.45. The molecule has 1 atom stereocenters. The summed E-state index contributed by atoms with van der Waals surface area (Å²) in [5.41, 5.74) is 3.45. The summed E-state index contributed by atoms with van der Waals surface area (Å²) in [6.07, 6.45) is -0.856. The van der Waals surface area contributed by atoms with Crippen molar-refractivity contribution in [2.75, 3.05) is 32.2 Å². The minimum absolute atomic E-state index is 0.0299. The fraction of sp³-hybridized carbons (Fsp3) is 0.333. The third-order valence-electron chi connectivity index (χ3n) is 5.97. The van der Waals surface area contributed by atoms with E-state index in [4.69, 9.17) is 18.9 Å². The maximum atomic E-state index is 15.1. The lowest BCUT2D eigenvalue weighted by Crippen LogP contribution is -2.24. The van der Waals surface area contributed by atoms with Crippen LogP contribution in [0.15, 0.2) is 65.1 Å². The Morgan fingerprint density at radius 3 is 2.50 bits per heavy atom. The van der Waals surface area contributed by atoms with Gasteiger partial charge in [-0.25, -0.2) is 14.0 Å². The van der Waals surface area contributed by atoms with E-state index in [1.54, 1.807) is 7.11 Å². The van der Waals surface area contributed by atoms with E-state index in [0.717, 1.165) is 27.2 Å². The zero-order valence-electron chi connectivity index (χ0n) is 22.8. The minimum Gasteiger partial charge on any atom is -0.490 e. The lowest BCUT2D eigenvalue weighted by atomic mass is 9.97. The number of carbonyl (C=O) groups excluding carboxylic acids is 2. The molecule has 0 saturated carbocycles. The van der Waals surface area contributed by atoms with Crippen molar-refractivity contribution >= 4 is 33.8 Å². The van der Waals surface area contributed by atoms with Crippen LogP contribution in [-0.4, -0.2) is 39.1 Å². The monoisotopic (exact) mass is 616 g/mol. The number of anilines is 1. The van der Waals surface area contributed by atoms with Gasteiger partial charge in [-0.3, -0.25) is 5.32 Å². The van der Waals surface area contributed by atoms with Crippen molar-refractivity contribution in [2.24, 2.45) is 0 Å².